The lowest BCUT2D eigenvalue weighted by atomic mass is 10.1. The molecule has 3 aromatic carbocycles. The third-order valence-electron chi connectivity index (χ3n) is 4.20. The van der Waals surface area contributed by atoms with Crippen molar-refractivity contribution in [3.8, 4) is 11.5 Å². The number of benzene rings is 3. The lowest BCUT2D eigenvalue weighted by molar-refractivity contribution is 0.494. The fraction of sp³-hybridized carbons (Fsp3) is 0.0909. The molecule has 0 radical (unpaired) electrons. The van der Waals surface area contributed by atoms with Crippen molar-refractivity contribution < 1.29 is 4.42 Å². The largest absolute Gasteiger partial charge is 0.418 e. The number of nitrogens with zero attached hydrogens (tertiary/aromatic N) is 2. The minimum absolute atomic E-state index is 0.219. The highest BCUT2D eigenvalue weighted by Crippen LogP contribution is 2.28. The second-order valence-electron chi connectivity index (χ2n) is 6.17. The first-order chi connectivity index (χ1) is 12.8. The van der Waals surface area contributed by atoms with Crippen molar-refractivity contribution in [3.63, 3.8) is 0 Å². The van der Waals surface area contributed by atoms with Crippen LogP contribution in [0.4, 0.5) is 5.69 Å². The van der Waals surface area contributed by atoms with Gasteiger partial charge in [0.2, 0.25) is 11.8 Å². The topological polar surface area (TPSA) is 51.0 Å². The molecule has 1 heterocycles. The van der Waals surface area contributed by atoms with Gasteiger partial charge in [-0.3, -0.25) is 0 Å². The van der Waals surface area contributed by atoms with Crippen LogP contribution in [-0.2, 0) is 0 Å². The fourth-order valence-corrected chi connectivity index (χ4v) is 2.80. The maximum atomic E-state index is 6.00. The van der Waals surface area contributed by atoms with Gasteiger partial charge in [-0.2, -0.15) is 0 Å². The van der Waals surface area contributed by atoms with Crippen LogP contribution in [0.15, 0.2) is 89.3 Å². The molecule has 4 rings (SSSR count). The van der Waals surface area contributed by atoms with Crippen molar-refractivity contribution in [2.75, 3.05) is 5.32 Å². The van der Waals surface area contributed by atoms with Crippen LogP contribution in [0.5, 0.6) is 0 Å². The van der Waals surface area contributed by atoms with Crippen molar-refractivity contribution in [1.82, 2.24) is 10.2 Å². The lowest BCUT2D eigenvalue weighted by Crippen LogP contribution is -2.12. The molecule has 4 aromatic rings. The van der Waals surface area contributed by atoms with E-state index in [2.05, 4.69) is 58.8 Å². The molecule has 0 aliphatic carbocycles. The first kappa shape index (κ1) is 16.1. The Labute approximate surface area is 152 Å². The SMILES string of the molecule is Cc1ccc(NC(c2ccccc2)c2nnc(-c3ccccc3)o2)cc1. The van der Waals surface area contributed by atoms with Crippen molar-refractivity contribution in [2.45, 2.75) is 13.0 Å². The van der Waals surface area contributed by atoms with Crippen molar-refractivity contribution >= 4 is 5.69 Å². The fourth-order valence-electron chi connectivity index (χ4n) is 2.80. The quantitative estimate of drug-likeness (QED) is 0.539. The minimum atomic E-state index is -0.219. The zero-order valence-electron chi connectivity index (χ0n) is 14.5. The summed E-state index contributed by atoms with van der Waals surface area (Å²) in [6.07, 6.45) is 0. The molecule has 128 valence electrons. The number of rotatable bonds is 5. The van der Waals surface area contributed by atoms with E-state index >= 15 is 0 Å². The third-order valence-corrected chi connectivity index (χ3v) is 4.20. The minimum Gasteiger partial charge on any atom is -0.418 e. The third kappa shape index (κ3) is 3.49. The van der Waals surface area contributed by atoms with Gasteiger partial charge in [0.15, 0.2) is 0 Å². The van der Waals surface area contributed by atoms with Crippen LogP contribution < -0.4 is 5.32 Å². The standard InChI is InChI=1S/C22H19N3O/c1-16-12-14-19(15-13-16)23-20(17-8-4-2-5-9-17)22-25-24-21(26-22)18-10-6-3-7-11-18/h2-15,20,23H,1H3. The Kier molecular flexibility index (Phi) is 4.48. The first-order valence-electron chi connectivity index (χ1n) is 8.56. The molecule has 4 heteroatoms. The van der Waals surface area contributed by atoms with Gasteiger partial charge in [0, 0.05) is 11.3 Å². The molecule has 1 N–H and O–H groups in total. The zero-order valence-corrected chi connectivity index (χ0v) is 14.5. The number of aromatic nitrogens is 2. The molecule has 0 bridgehead atoms. The van der Waals surface area contributed by atoms with E-state index in [1.54, 1.807) is 0 Å². The van der Waals surface area contributed by atoms with E-state index in [0.29, 0.717) is 11.8 Å². The van der Waals surface area contributed by atoms with Crippen LogP contribution in [0.1, 0.15) is 23.1 Å². The van der Waals surface area contributed by atoms with Crippen LogP contribution in [0.3, 0.4) is 0 Å². The molecular weight excluding hydrogens is 322 g/mol. The molecule has 1 unspecified atom stereocenters. The molecule has 1 aromatic heterocycles. The summed E-state index contributed by atoms with van der Waals surface area (Å²) in [6, 6.07) is 28.0. The average molecular weight is 341 g/mol. The Morgan fingerprint density at radius 1 is 0.769 bits per heavy atom. The number of hydrogen-bond acceptors (Lipinski definition) is 4. The summed E-state index contributed by atoms with van der Waals surface area (Å²) in [6.45, 7) is 2.07. The highest BCUT2D eigenvalue weighted by Gasteiger charge is 2.21. The van der Waals surface area contributed by atoms with Crippen molar-refractivity contribution in [2.24, 2.45) is 0 Å². The number of nitrogens with one attached hydrogen (secondary N) is 1. The molecule has 0 amide bonds. The Balaban J connectivity index is 1.69. The number of aryl methyl sites for hydroxylation is 1. The van der Waals surface area contributed by atoms with Crippen molar-refractivity contribution in [1.29, 1.82) is 0 Å². The van der Waals surface area contributed by atoms with E-state index in [1.165, 1.54) is 5.56 Å². The lowest BCUT2D eigenvalue weighted by Gasteiger charge is -2.17. The van der Waals surface area contributed by atoms with E-state index in [0.717, 1.165) is 16.8 Å². The monoisotopic (exact) mass is 341 g/mol. The summed E-state index contributed by atoms with van der Waals surface area (Å²) in [5.41, 5.74) is 4.20. The van der Waals surface area contributed by atoms with Crippen LogP contribution in [0.2, 0.25) is 0 Å². The van der Waals surface area contributed by atoms with Gasteiger partial charge in [0.05, 0.1) is 0 Å². The summed E-state index contributed by atoms with van der Waals surface area (Å²) in [7, 11) is 0. The van der Waals surface area contributed by atoms with E-state index in [9.17, 15) is 0 Å². The van der Waals surface area contributed by atoms with Gasteiger partial charge in [-0.25, -0.2) is 0 Å². The van der Waals surface area contributed by atoms with Gasteiger partial charge >= 0.3 is 0 Å². The molecule has 0 saturated carbocycles. The van der Waals surface area contributed by atoms with Gasteiger partial charge in [0.1, 0.15) is 6.04 Å². The van der Waals surface area contributed by atoms with Crippen molar-refractivity contribution in [3.05, 3.63) is 102 Å². The van der Waals surface area contributed by atoms with E-state index in [1.807, 2.05) is 48.5 Å². The summed E-state index contributed by atoms with van der Waals surface area (Å²) >= 11 is 0. The van der Waals surface area contributed by atoms with Gasteiger partial charge in [-0.15, -0.1) is 10.2 Å². The maximum absolute atomic E-state index is 6.00. The zero-order chi connectivity index (χ0) is 17.8. The van der Waals surface area contributed by atoms with Crippen LogP contribution in [0, 0.1) is 6.92 Å². The highest BCUT2D eigenvalue weighted by atomic mass is 16.4. The summed E-state index contributed by atoms with van der Waals surface area (Å²) in [5.74, 6) is 1.06. The average Bonchev–Trinajstić information content (AvgIpc) is 3.19. The molecule has 0 aliphatic rings. The summed E-state index contributed by atoms with van der Waals surface area (Å²) < 4.78 is 6.00. The second kappa shape index (κ2) is 7.23. The molecular formula is C22H19N3O. The number of anilines is 1. The van der Waals surface area contributed by atoms with Gasteiger partial charge in [0.25, 0.3) is 0 Å². The smallest absolute Gasteiger partial charge is 0.247 e. The van der Waals surface area contributed by atoms with Gasteiger partial charge in [-0.1, -0.05) is 66.2 Å². The molecule has 0 spiro atoms. The molecule has 4 nitrogen and oxygen atoms in total. The second-order valence-corrected chi connectivity index (χ2v) is 6.17. The maximum Gasteiger partial charge on any atom is 0.247 e. The molecule has 0 saturated heterocycles. The Morgan fingerprint density at radius 3 is 2.12 bits per heavy atom. The van der Waals surface area contributed by atoms with Crippen LogP contribution in [0.25, 0.3) is 11.5 Å². The van der Waals surface area contributed by atoms with E-state index in [4.69, 9.17) is 4.42 Å². The predicted molar refractivity (Wildman–Crippen MR) is 103 cm³/mol. The predicted octanol–water partition coefficient (Wildman–Crippen LogP) is 5.25. The molecule has 0 aliphatic heterocycles. The first-order valence-corrected chi connectivity index (χ1v) is 8.56. The Bertz CT molecular complexity index is 963. The molecule has 1 atom stereocenters. The van der Waals surface area contributed by atoms with Crippen LogP contribution in [-0.4, -0.2) is 10.2 Å². The molecule has 26 heavy (non-hydrogen) atoms. The van der Waals surface area contributed by atoms with E-state index in [-0.39, 0.29) is 6.04 Å². The summed E-state index contributed by atoms with van der Waals surface area (Å²) in [5, 5.41) is 12.0. The normalized spacial score (nSPS) is 11.9. The summed E-state index contributed by atoms with van der Waals surface area (Å²) in [4.78, 5) is 0. The Hall–Kier alpha value is -3.40. The molecule has 0 fully saturated rings. The van der Waals surface area contributed by atoms with Crippen LogP contribution >= 0.6 is 0 Å². The van der Waals surface area contributed by atoms with Gasteiger partial charge in [-0.05, 0) is 36.8 Å². The van der Waals surface area contributed by atoms with Gasteiger partial charge < -0.3 is 9.73 Å². The number of hydrogen-bond donors (Lipinski definition) is 1. The van der Waals surface area contributed by atoms with E-state index < -0.39 is 0 Å². The highest BCUT2D eigenvalue weighted by molar-refractivity contribution is 5.53. The Morgan fingerprint density at radius 2 is 1.42 bits per heavy atom.